The second-order valence-corrected chi connectivity index (χ2v) is 5.42. The van der Waals surface area contributed by atoms with Crippen molar-refractivity contribution in [1.29, 1.82) is 5.26 Å². The van der Waals surface area contributed by atoms with Crippen LogP contribution in [0.2, 0.25) is 0 Å². The van der Waals surface area contributed by atoms with Crippen LogP contribution in [-0.2, 0) is 0 Å². The molecule has 0 fully saturated rings. The molecule has 0 amide bonds. The highest BCUT2D eigenvalue weighted by molar-refractivity contribution is 5.56. The summed E-state index contributed by atoms with van der Waals surface area (Å²) in [5.41, 5.74) is 0.349. The molecule has 136 valence electrons. The van der Waals surface area contributed by atoms with E-state index in [1.54, 1.807) is 6.07 Å². The molecule has 0 aromatic carbocycles. The number of aromatic amines is 1. The van der Waals surface area contributed by atoms with Gasteiger partial charge in [0.25, 0.3) is 5.56 Å². The van der Waals surface area contributed by atoms with Crippen LogP contribution >= 0.6 is 0 Å². The topological polar surface area (TPSA) is 90.1 Å². The summed E-state index contributed by atoms with van der Waals surface area (Å²) in [5, 5.41) is 8.67. The van der Waals surface area contributed by atoms with Crippen molar-refractivity contribution in [3.05, 3.63) is 52.5 Å². The Morgan fingerprint density at radius 1 is 1.19 bits per heavy atom. The van der Waals surface area contributed by atoms with E-state index in [9.17, 15) is 9.18 Å². The number of nitrogens with one attached hydrogen (secondary N) is 1. The van der Waals surface area contributed by atoms with Gasteiger partial charge in [-0.3, -0.25) is 9.20 Å². The fourth-order valence-electron chi connectivity index (χ4n) is 2.41. The lowest BCUT2D eigenvalue weighted by molar-refractivity contribution is 0.321. The van der Waals surface area contributed by atoms with E-state index in [1.165, 1.54) is 54.8 Å². The molecule has 0 bridgehead atoms. The van der Waals surface area contributed by atoms with Crippen molar-refractivity contribution >= 4 is 5.65 Å². The molecule has 0 aliphatic carbocycles. The highest BCUT2D eigenvalue weighted by Crippen LogP contribution is 2.16. The zero-order chi connectivity index (χ0) is 19.1. The zero-order valence-electron chi connectivity index (χ0n) is 15.0. The average molecular weight is 356 g/mol. The van der Waals surface area contributed by atoms with Gasteiger partial charge in [-0.2, -0.15) is 5.26 Å². The van der Waals surface area contributed by atoms with Crippen LogP contribution in [-0.4, -0.2) is 43.9 Å². The molecule has 3 heterocycles. The Labute approximate surface area is 150 Å². The summed E-state index contributed by atoms with van der Waals surface area (Å²) in [7, 11) is 0. The molecule has 0 spiro atoms. The van der Waals surface area contributed by atoms with Crippen molar-refractivity contribution in [2.75, 3.05) is 19.6 Å². The van der Waals surface area contributed by atoms with E-state index in [0.717, 1.165) is 0 Å². The number of pyridine rings is 1. The number of fused-ring (bicyclic) bond motifs is 1. The van der Waals surface area contributed by atoms with Gasteiger partial charge < -0.3 is 9.88 Å². The van der Waals surface area contributed by atoms with E-state index in [2.05, 4.69) is 40.6 Å². The Balaban J connectivity index is 0.000000298. The highest BCUT2D eigenvalue weighted by atomic mass is 19.1. The molecule has 3 rings (SSSR count). The first-order chi connectivity index (χ1) is 12.5. The van der Waals surface area contributed by atoms with E-state index in [1.807, 2.05) is 0 Å². The third kappa shape index (κ3) is 4.32. The van der Waals surface area contributed by atoms with Crippen LogP contribution in [0.25, 0.3) is 17.2 Å². The van der Waals surface area contributed by atoms with Crippen molar-refractivity contribution in [1.82, 2.24) is 24.3 Å². The highest BCUT2D eigenvalue weighted by Gasteiger charge is 2.10. The first-order valence-corrected chi connectivity index (χ1v) is 8.38. The Kier molecular flexibility index (Phi) is 6.58. The van der Waals surface area contributed by atoms with Gasteiger partial charge >= 0.3 is 0 Å². The van der Waals surface area contributed by atoms with Gasteiger partial charge in [0, 0.05) is 6.20 Å². The van der Waals surface area contributed by atoms with Crippen molar-refractivity contribution in [3.63, 3.8) is 0 Å². The van der Waals surface area contributed by atoms with Gasteiger partial charge in [0.1, 0.15) is 28.8 Å². The lowest BCUT2D eigenvalue weighted by atomic mass is 10.3. The second kappa shape index (κ2) is 8.87. The number of hydrogen-bond donors (Lipinski definition) is 1. The van der Waals surface area contributed by atoms with Crippen LogP contribution in [0.15, 0.2) is 35.5 Å². The molecule has 8 heteroatoms. The summed E-state index contributed by atoms with van der Waals surface area (Å²) in [5.74, 6) is -0.204. The van der Waals surface area contributed by atoms with Crippen molar-refractivity contribution in [3.8, 4) is 17.6 Å². The van der Waals surface area contributed by atoms with E-state index in [0.29, 0.717) is 11.3 Å². The first kappa shape index (κ1) is 19.3. The number of H-pyrrole nitrogens is 1. The molecular formula is C18H21FN6O. The molecule has 3 aromatic heterocycles. The zero-order valence-corrected chi connectivity index (χ0v) is 15.0. The number of hydrogen-bond acceptors (Lipinski definition) is 5. The minimum Gasteiger partial charge on any atom is -0.304 e. The maximum Gasteiger partial charge on any atom is 0.269 e. The van der Waals surface area contributed by atoms with Crippen LogP contribution in [0.5, 0.6) is 0 Å². The number of nitriles is 1. The fraction of sp³-hybridized carbons (Fsp3) is 0.333. The smallest absolute Gasteiger partial charge is 0.269 e. The number of aromatic nitrogens is 4. The molecule has 7 nitrogen and oxygen atoms in total. The Bertz CT molecular complexity index is 962. The van der Waals surface area contributed by atoms with E-state index >= 15 is 0 Å². The fourth-order valence-corrected chi connectivity index (χ4v) is 2.41. The summed E-state index contributed by atoms with van der Waals surface area (Å²) in [6, 6.07) is 4.53. The Morgan fingerprint density at radius 3 is 2.42 bits per heavy atom. The molecule has 0 unspecified atom stereocenters. The maximum absolute atomic E-state index is 13.2. The summed E-state index contributed by atoms with van der Waals surface area (Å²) >= 11 is 0. The summed E-state index contributed by atoms with van der Waals surface area (Å²) in [4.78, 5) is 24.4. The third-order valence-electron chi connectivity index (χ3n) is 3.97. The second-order valence-electron chi connectivity index (χ2n) is 5.42. The largest absolute Gasteiger partial charge is 0.304 e. The van der Waals surface area contributed by atoms with Gasteiger partial charge in [0.15, 0.2) is 5.82 Å². The molecule has 1 N–H and O–H groups in total. The number of rotatable bonds is 4. The lowest BCUT2D eigenvalue weighted by Gasteiger charge is -2.13. The molecule has 0 saturated heterocycles. The Morgan fingerprint density at radius 2 is 1.88 bits per heavy atom. The van der Waals surface area contributed by atoms with Gasteiger partial charge in [-0.1, -0.05) is 20.8 Å². The summed E-state index contributed by atoms with van der Waals surface area (Å²) in [6.07, 6.45) is 3.89. The molecule has 0 radical (unpaired) electrons. The van der Waals surface area contributed by atoms with Crippen LogP contribution in [0.1, 0.15) is 26.3 Å². The van der Waals surface area contributed by atoms with E-state index in [-0.39, 0.29) is 11.4 Å². The summed E-state index contributed by atoms with van der Waals surface area (Å²) in [6.45, 7) is 10.1. The van der Waals surface area contributed by atoms with E-state index in [4.69, 9.17) is 5.26 Å². The third-order valence-corrected chi connectivity index (χ3v) is 3.97. The average Bonchev–Trinajstić information content (AvgIpc) is 3.06. The van der Waals surface area contributed by atoms with Crippen molar-refractivity contribution in [2.24, 2.45) is 0 Å². The van der Waals surface area contributed by atoms with Gasteiger partial charge in [-0.05, 0) is 31.8 Å². The predicted octanol–water partition coefficient (Wildman–Crippen LogP) is 2.44. The van der Waals surface area contributed by atoms with Crippen LogP contribution < -0.4 is 5.56 Å². The monoisotopic (exact) mass is 356 g/mol. The minimum absolute atomic E-state index is 0.0799. The van der Waals surface area contributed by atoms with Gasteiger partial charge in [-0.25, -0.2) is 14.4 Å². The van der Waals surface area contributed by atoms with Gasteiger partial charge in [0.05, 0.1) is 12.4 Å². The SMILES string of the molecule is CCN(CC)CC.N#Cc1cnc(-c2cnc3ccc(F)cn23)[nH]c1=O. The number of nitrogens with zero attached hydrogens (tertiary/aromatic N) is 5. The standard InChI is InChI=1S/C12H6FN5O.C6H15N/c13-8-1-2-10-15-5-9(18(10)6-8)11-16-4-7(3-14)12(19)17-11;1-4-7(5-2)6-3/h1-2,4-6H,(H,16,17,19);4-6H2,1-3H3. The predicted molar refractivity (Wildman–Crippen MR) is 97.2 cm³/mol. The minimum atomic E-state index is -0.543. The first-order valence-electron chi connectivity index (χ1n) is 8.38. The molecule has 0 aliphatic heterocycles. The number of imidazole rings is 1. The molecule has 0 aliphatic rings. The van der Waals surface area contributed by atoms with Crippen LogP contribution in [0.4, 0.5) is 4.39 Å². The molecule has 3 aromatic rings. The Hall–Kier alpha value is -3.05. The molecule has 26 heavy (non-hydrogen) atoms. The molecule has 0 saturated carbocycles. The van der Waals surface area contributed by atoms with Crippen LogP contribution in [0.3, 0.4) is 0 Å². The van der Waals surface area contributed by atoms with Crippen molar-refractivity contribution in [2.45, 2.75) is 20.8 Å². The molecule has 0 atom stereocenters. The van der Waals surface area contributed by atoms with Gasteiger partial charge in [-0.15, -0.1) is 0 Å². The van der Waals surface area contributed by atoms with E-state index < -0.39 is 11.4 Å². The van der Waals surface area contributed by atoms with Gasteiger partial charge in [0.2, 0.25) is 0 Å². The molecular weight excluding hydrogens is 335 g/mol. The lowest BCUT2D eigenvalue weighted by Crippen LogP contribution is -2.21. The number of halogens is 1. The van der Waals surface area contributed by atoms with Crippen LogP contribution in [0, 0.1) is 17.1 Å². The maximum atomic E-state index is 13.2. The quantitative estimate of drug-likeness (QED) is 0.775. The van der Waals surface area contributed by atoms with Crippen molar-refractivity contribution < 1.29 is 4.39 Å². The normalized spacial score (nSPS) is 10.5. The summed E-state index contributed by atoms with van der Waals surface area (Å²) < 4.78 is 14.7.